The maximum absolute atomic E-state index is 12.8. The molecule has 1 spiro atoms. The third-order valence-corrected chi connectivity index (χ3v) is 5.03. The number of hydrogen-bond donors (Lipinski definition) is 2. The summed E-state index contributed by atoms with van der Waals surface area (Å²) in [6, 6.07) is 5.36. The Kier molecular flexibility index (Phi) is 5.37. The van der Waals surface area contributed by atoms with Crippen molar-refractivity contribution in [2.24, 2.45) is 16.1 Å². The lowest BCUT2D eigenvalue weighted by Gasteiger charge is -2.39. The summed E-state index contributed by atoms with van der Waals surface area (Å²) in [5.74, 6) is -2.71. The van der Waals surface area contributed by atoms with Gasteiger partial charge in [-0.25, -0.2) is 9.79 Å². The van der Waals surface area contributed by atoms with E-state index in [4.69, 9.17) is 15.6 Å². The number of alkyl halides is 3. The van der Waals surface area contributed by atoms with Gasteiger partial charge in [-0.05, 0) is 24.6 Å². The van der Waals surface area contributed by atoms with Crippen LogP contribution in [-0.2, 0) is 15.1 Å². The highest BCUT2D eigenvalue weighted by Crippen LogP contribution is 2.49. The highest BCUT2D eigenvalue weighted by atomic mass is 79.9. The molecular formula is C17H17BrF3N3O4. The van der Waals surface area contributed by atoms with E-state index in [0.717, 1.165) is 4.47 Å². The summed E-state index contributed by atoms with van der Waals surface area (Å²) in [6.07, 6.45) is -4.76. The molecule has 3 N–H and O–H groups in total. The molecule has 1 unspecified atom stereocenters. The van der Waals surface area contributed by atoms with Crippen LogP contribution in [0.3, 0.4) is 0 Å². The van der Waals surface area contributed by atoms with Crippen molar-refractivity contribution in [3.05, 3.63) is 33.8 Å². The quantitative estimate of drug-likeness (QED) is 0.613. The van der Waals surface area contributed by atoms with Crippen LogP contribution in [0.2, 0.25) is 0 Å². The van der Waals surface area contributed by atoms with Gasteiger partial charge >= 0.3 is 12.1 Å². The van der Waals surface area contributed by atoms with Gasteiger partial charge in [0.05, 0.1) is 0 Å². The number of carboxylic acid groups (broad SMARTS) is 1. The molecular weight excluding hydrogens is 447 g/mol. The Morgan fingerprint density at radius 1 is 1.32 bits per heavy atom. The minimum absolute atomic E-state index is 0.0340. The van der Waals surface area contributed by atoms with Crippen LogP contribution >= 0.6 is 15.9 Å². The molecule has 28 heavy (non-hydrogen) atoms. The molecule has 1 aromatic carbocycles. The van der Waals surface area contributed by atoms with Gasteiger partial charge in [0.2, 0.25) is 0 Å². The van der Waals surface area contributed by atoms with Crippen LogP contribution in [0, 0.1) is 5.41 Å². The molecule has 1 amide bonds. The number of fused-ring (bicyclic) bond motifs is 2. The zero-order chi connectivity index (χ0) is 21.7. The van der Waals surface area contributed by atoms with Gasteiger partial charge in [0.15, 0.2) is 17.3 Å². The Balaban J connectivity index is 0.000000345. The number of aliphatic carboxylic acids is 1. The Labute approximate surface area is 166 Å². The Hall–Kier alpha value is -2.43. The lowest BCUT2D eigenvalue weighted by Crippen LogP contribution is -2.48. The smallest absolute Gasteiger partial charge is 0.475 e. The van der Waals surface area contributed by atoms with Crippen LogP contribution in [0.4, 0.5) is 13.2 Å². The number of nitrogens with two attached hydrogens (primary N) is 1. The molecule has 1 aliphatic carbocycles. The molecule has 1 aliphatic heterocycles. The van der Waals surface area contributed by atoms with Gasteiger partial charge in [0.1, 0.15) is 0 Å². The molecule has 2 aliphatic rings. The second kappa shape index (κ2) is 6.87. The molecule has 152 valence electrons. The molecule has 0 saturated heterocycles. The fraction of sp³-hybridized carbons (Fsp3) is 0.412. The number of halogens is 4. The predicted octanol–water partition coefficient (Wildman–Crippen LogP) is 2.68. The van der Waals surface area contributed by atoms with Crippen molar-refractivity contribution in [3.63, 3.8) is 0 Å². The van der Waals surface area contributed by atoms with Crippen LogP contribution < -0.4 is 5.73 Å². The number of amides is 1. The van der Waals surface area contributed by atoms with Crippen molar-refractivity contribution in [1.29, 1.82) is 0 Å². The van der Waals surface area contributed by atoms with Crippen LogP contribution in [0.1, 0.15) is 36.2 Å². The van der Waals surface area contributed by atoms with Crippen LogP contribution in [0.15, 0.2) is 27.7 Å². The summed E-state index contributed by atoms with van der Waals surface area (Å²) in [5, 5.41) is 7.12. The monoisotopic (exact) mass is 463 g/mol. The van der Waals surface area contributed by atoms with Gasteiger partial charge in [0.25, 0.3) is 5.91 Å². The molecule has 3 rings (SSSR count). The average Bonchev–Trinajstić information content (AvgIpc) is 2.77. The molecule has 11 heteroatoms. The van der Waals surface area contributed by atoms with Gasteiger partial charge < -0.3 is 10.8 Å². The molecule has 0 bridgehead atoms. The first kappa shape index (κ1) is 21.9. The second-order valence-electron chi connectivity index (χ2n) is 7.08. The number of carbonyl (C=O) groups excluding carboxylic acids is 2. The first-order valence-corrected chi connectivity index (χ1v) is 8.71. The van der Waals surface area contributed by atoms with E-state index in [2.05, 4.69) is 20.9 Å². The van der Waals surface area contributed by atoms with E-state index >= 15 is 0 Å². The van der Waals surface area contributed by atoms with Crippen LogP contribution in [0.25, 0.3) is 0 Å². The number of Topliss-reactive ketones (excluding diaryl/α,β-unsaturated/α-hetero) is 1. The normalized spacial score (nSPS) is 23.1. The number of carbonyl (C=O) groups is 3. The van der Waals surface area contributed by atoms with E-state index in [0.29, 0.717) is 17.5 Å². The number of benzene rings is 1. The number of nitrogens with zero attached hydrogens (tertiary/aromatic N) is 2. The highest BCUT2D eigenvalue weighted by Gasteiger charge is 2.56. The predicted molar refractivity (Wildman–Crippen MR) is 96.6 cm³/mol. The average molecular weight is 464 g/mol. The fourth-order valence-electron chi connectivity index (χ4n) is 3.23. The lowest BCUT2D eigenvalue weighted by molar-refractivity contribution is -0.192. The standard InChI is InChI=1S/C15H16BrN3O2.C2HF3O2/c1-14(2)7-15(12(21)19(3)13(17)18-15)10-6-8(16)4-5-9(10)11(14)20;3-2(4,5)1(6)7/h4-6H,7H2,1-3H3,(H2,17,18);(H,6,7). The summed E-state index contributed by atoms with van der Waals surface area (Å²) in [4.78, 5) is 40.1. The first-order chi connectivity index (χ1) is 12.6. The molecule has 0 saturated carbocycles. The maximum Gasteiger partial charge on any atom is 0.490 e. The van der Waals surface area contributed by atoms with Crippen LogP contribution in [0.5, 0.6) is 0 Å². The third kappa shape index (κ3) is 3.62. The van der Waals surface area contributed by atoms with Crippen molar-refractivity contribution in [3.8, 4) is 0 Å². The van der Waals surface area contributed by atoms with E-state index in [1.54, 1.807) is 19.2 Å². The zero-order valence-electron chi connectivity index (χ0n) is 15.1. The van der Waals surface area contributed by atoms with Crippen molar-refractivity contribution in [2.75, 3.05) is 7.05 Å². The van der Waals surface area contributed by atoms with Crippen molar-refractivity contribution < 1.29 is 32.7 Å². The second-order valence-corrected chi connectivity index (χ2v) is 7.99. The molecule has 0 aromatic heterocycles. The van der Waals surface area contributed by atoms with E-state index < -0.39 is 23.1 Å². The van der Waals surface area contributed by atoms with Gasteiger partial charge in [0, 0.05) is 28.1 Å². The number of ketones is 1. The number of carboxylic acids is 1. The number of rotatable bonds is 0. The third-order valence-electron chi connectivity index (χ3n) is 4.53. The molecule has 7 nitrogen and oxygen atoms in total. The molecule has 0 radical (unpaired) electrons. The largest absolute Gasteiger partial charge is 0.490 e. The minimum Gasteiger partial charge on any atom is -0.475 e. The topological polar surface area (TPSA) is 113 Å². The lowest BCUT2D eigenvalue weighted by atomic mass is 9.64. The van der Waals surface area contributed by atoms with Crippen molar-refractivity contribution >= 4 is 39.5 Å². The molecule has 1 aromatic rings. The summed E-state index contributed by atoms with van der Waals surface area (Å²) < 4.78 is 32.5. The fourth-order valence-corrected chi connectivity index (χ4v) is 3.59. The Morgan fingerprint density at radius 3 is 2.29 bits per heavy atom. The van der Waals surface area contributed by atoms with Gasteiger partial charge in [-0.2, -0.15) is 13.2 Å². The van der Waals surface area contributed by atoms with Gasteiger partial charge in [-0.1, -0.05) is 29.8 Å². The molecule has 0 fully saturated rings. The summed E-state index contributed by atoms with van der Waals surface area (Å²) in [6.45, 7) is 3.69. The number of hydrogen-bond acceptors (Lipinski definition) is 5. The summed E-state index contributed by atoms with van der Waals surface area (Å²) >= 11 is 3.40. The number of guanidine groups is 1. The van der Waals surface area contributed by atoms with Crippen molar-refractivity contribution in [2.45, 2.75) is 32.0 Å². The Morgan fingerprint density at radius 2 is 1.86 bits per heavy atom. The highest BCUT2D eigenvalue weighted by molar-refractivity contribution is 9.10. The summed E-state index contributed by atoms with van der Waals surface area (Å²) in [5.41, 5.74) is 5.29. The van der Waals surface area contributed by atoms with Gasteiger partial charge in [-0.15, -0.1) is 0 Å². The molecule has 1 atom stereocenters. The van der Waals surface area contributed by atoms with Crippen molar-refractivity contribution in [1.82, 2.24) is 4.90 Å². The van der Waals surface area contributed by atoms with Crippen LogP contribution in [-0.4, -0.2) is 46.8 Å². The zero-order valence-corrected chi connectivity index (χ0v) is 16.7. The molecule has 1 heterocycles. The number of likely N-dealkylation sites (N-methyl/N-ethyl adjacent to an activating group) is 1. The number of aliphatic imine (C=N–C) groups is 1. The van der Waals surface area contributed by atoms with E-state index in [1.807, 2.05) is 19.9 Å². The van der Waals surface area contributed by atoms with E-state index in [9.17, 15) is 22.8 Å². The summed E-state index contributed by atoms with van der Waals surface area (Å²) in [7, 11) is 1.61. The first-order valence-electron chi connectivity index (χ1n) is 7.92. The van der Waals surface area contributed by atoms with Gasteiger partial charge in [-0.3, -0.25) is 14.5 Å². The maximum atomic E-state index is 12.8. The van der Waals surface area contributed by atoms with E-state index in [1.165, 1.54) is 4.90 Å². The SMILES string of the molecule is CN1C(=O)C2(CC(C)(C)C(=O)c3ccc(Br)cc32)N=C1N.O=C(O)C(F)(F)F. The Bertz CT molecular complexity index is 898. The minimum atomic E-state index is -5.08. The van der Waals surface area contributed by atoms with E-state index in [-0.39, 0.29) is 17.6 Å².